The van der Waals surface area contributed by atoms with E-state index in [0.29, 0.717) is 6.42 Å². The lowest BCUT2D eigenvalue weighted by Crippen LogP contribution is -2.38. The Labute approximate surface area is 73.4 Å². The molecule has 3 N–H and O–H groups in total. The fourth-order valence-corrected chi connectivity index (χ4v) is 1.17. The fourth-order valence-electron chi connectivity index (χ4n) is 1.17. The van der Waals surface area contributed by atoms with Gasteiger partial charge in [0, 0.05) is 12.0 Å². The highest BCUT2D eigenvalue weighted by molar-refractivity contribution is 4.89. The van der Waals surface area contributed by atoms with E-state index in [9.17, 15) is 0 Å². The van der Waals surface area contributed by atoms with Crippen molar-refractivity contribution in [3.8, 4) is 0 Å². The summed E-state index contributed by atoms with van der Waals surface area (Å²) in [4.78, 5) is 0. The van der Waals surface area contributed by atoms with Crippen LogP contribution in [0.3, 0.4) is 0 Å². The first kappa shape index (κ1) is 11.6. The normalized spacial score (nSPS) is 14.3. The van der Waals surface area contributed by atoms with Gasteiger partial charge in [-0.3, -0.25) is 0 Å². The van der Waals surface area contributed by atoms with E-state index >= 15 is 0 Å². The van der Waals surface area contributed by atoms with E-state index in [1.165, 1.54) is 0 Å². The monoisotopic (exact) mass is 174 g/mol. The molecule has 0 saturated heterocycles. The molecule has 0 aromatic carbocycles. The summed E-state index contributed by atoms with van der Waals surface area (Å²) < 4.78 is 0. The molecule has 0 radical (unpaired) electrons. The van der Waals surface area contributed by atoms with Crippen LogP contribution in [0.5, 0.6) is 0 Å². The van der Waals surface area contributed by atoms with Crippen molar-refractivity contribution in [2.45, 2.75) is 13.3 Å². The molecule has 0 aliphatic carbocycles. The zero-order valence-electron chi connectivity index (χ0n) is 7.53. The smallest absolute Gasteiger partial charge is 0.0515 e. The highest BCUT2D eigenvalue weighted by Gasteiger charge is 2.33. The molecular formula is C9H18O3. The summed E-state index contributed by atoms with van der Waals surface area (Å²) in [5, 5.41) is 27.1. The molecule has 0 bridgehead atoms. The summed E-state index contributed by atoms with van der Waals surface area (Å²) in [6, 6.07) is 0. The molecular weight excluding hydrogens is 156 g/mol. The number of aliphatic hydroxyl groups is 3. The van der Waals surface area contributed by atoms with Crippen LogP contribution in [0.1, 0.15) is 13.3 Å². The Hall–Kier alpha value is -0.380. The van der Waals surface area contributed by atoms with Crippen molar-refractivity contribution in [3.05, 3.63) is 12.7 Å². The van der Waals surface area contributed by atoms with Gasteiger partial charge >= 0.3 is 0 Å². The summed E-state index contributed by atoms with van der Waals surface area (Å²) in [5.74, 6) is -0.120. The first-order valence-electron chi connectivity index (χ1n) is 4.10. The first-order valence-corrected chi connectivity index (χ1v) is 4.10. The predicted molar refractivity (Wildman–Crippen MR) is 47.7 cm³/mol. The van der Waals surface area contributed by atoms with Crippen molar-refractivity contribution in [2.75, 3.05) is 19.8 Å². The summed E-state index contributed by atoms with van der Waals surface area (Å²) in [7, 11) is 0. The maximum absolute atomic E-state index is 9.09. The highest BCUT2D eigenvalue weighted by Crippen LogP contribution is 2.30. The van der Waals surface area contributed by atoms with Gasteiger partial charge in [-0.05, 0) is 12.3 Å². The first-order chi connectivity index (χ1) is 5.66. The van der Waals surface area contributed by atoms with Crippen LogP contribution >= 0.6 is 0 Å². The Kier molecular flexibility index (Phi) is 5.13. The standard InChI is InChI=1S/C9H18O3/c1-3-4-9(6-11,7-12)8(2)5-10/h3,8,10-12H,1,4-7H2,2H3. The van der Waals surface area contributed by atoms with Crippen molar-refractivity contribution in [1.29, 1.82) is 0 Å². The maximum Gasteiger partial charge on any atom is 0.0515 e. The van der Waals surface area contributed by atoms with Gasteiger partial charge in [-0.15, -0.1) is 6.58 Å². The molecule has 0 heterocycles. The Balaban J connectivity index is 4.43. The minimum Gasteiger partial charge on any atom is -0.396 e. The molecule has 0 aromatic rings. The summed E-state index contributed by atoms with van der Waals surface area (Å²) in [5.41, 5.74) is -0.615. The van der Waals surface area contributed by atoms with Crippen molar-refractivity contribution in [1.82, 2.24) is 0 Å². The van der Waals surface area contributed by atoms with Crippen LogP contribution in [0.2, 0.25) is 0 Å². The van der Waals surface area contributed by atoms with Gasteiger partial charge in [0.1, 0.15) is 0 Å². The Morgan fingerprint density at radius 2 is 1.83 bits per heavy atom. The predicted octanol–water partition coefficient (Wildman–Crippen LogP) is 0.162. The van der Waals surface area contributed by atoms with Gasteiger partial charge in [0.25, 0.3) is 0 Å². The van der Waals surface area contributed by atoms with Crippen LogP contribution in [-0.2, 0) is 0 Å². The molecule has 0 aliphatic heterocycles. The highest BCUT2D eigenvalue weighted by atomic mass is 16.3. The van der Waals surface area contributed by atoms with Gasteiger partial charge in [0.2, 0.25) is 0 Å². The molecule has 0 aliphatic rings. The largest absolute Gasteiger partial charge is 0.396 e. The average molecular weight is 174 g/mol. The zero-order valence-corrected chi connectivity index (χ0v) is 7.53. The van der Waals surface area contributed by atoms with Crippen molar-refractivity contribution in [3.63, 3.8) is 0 Å². The maximum atomic E-state index is 9.09. The van der Waals surface area contributed by atoms with E-state index in [2.05, 4.69) is 6.58 Å². The number of aliphatic hydroxyl groups excluding tert-OH is 3. The summed E-state index contributed by atoms with van der Waals surface area (Å²) in [6.45, 7) is 5.07. The quantitative estimate of drug-likeness (QED) is 0.503. The number of hydrogen-bond acceptors (Lipinski definition) is 3. The minimum absolute atomic E-state index is 0.0328. The molecule has 1 unspecified atom stereocenters. The second kappa shape index (κ2) is 5.30. The van der Waals surface area contributed by atoms with Crippen molar-refractivity contribution < 1.29 is 15.3 Å². The Morgan fingerprint density at radius 3 is 2.08 bits per heavy atom. The van der Waals surface area contributed by atoms with E-state index in [-0.39, 0.29) is 25.7 Å². The van der Waals surface area contributed by atoms with Crippen LogP contribution in [0, 0.1) is 11.3 Å². The molecule has 0 fully saturated rings. The molecule has 0 aromatic heterocycles. The van der Waals surface area contributed by atoms with Gasteiger partial charge in [-0.25, -0.2) is 0 Å². The van der Waals surface area contributed by atoms with Crippen LogP contribution in [0.15, 0.2) is 12.7 Å². The van der Waals surface area contributed by atoms with Crippen molar-refractivity contribution >= 4 is 0 Å². The number of allylic oxidation sites excluding steroid dienone is 1. The SMILES string of the molecule is C=CCC(CO)(CO)C(C)CO. The van der Waals surface area contributed by atoms with Crippen LogP contribution < -0.4 is 0 Å². The number of hydrogen-bond donors (Lipinski definition) is 3. The number of rotatable bonds is 6. The Bertz CT molecular complexity index is 130. The molecule has 1 atom stereocenters. The van der Waals surface area contributed by atoms with Crippen LogP contribution in [0.25, 0.3) is 0 Å². The molecule has 3 heteroatoms. The lowest BCUT2D eigenvalue weighted by Gasteiger charge is -2.33. The molecule has 0 rings (SSSR count). The average Bonchev–Trinajstić information content (AvgIpc) is 2.13. The van der Waals surface area contributed by atoms with E-state index < -0.39 is 5.41 Å². The molecule has 3 nitrogen and oxygen atoms in total. The van der Waals surface area contributed by atoms with Crippen molar-refractivity contribution in [2.24, 2.45) is 11.3 Å². The van der Waals surface area contributed by atoms with Crippen LogP contribution in [0.4, 0.5) is 0 Å². The van der Waals surface area contributed by atoms with E-state index in [1.54, 1.807) is 13.0 Å². The summed E-state index contributed by atoms with van der Waals surface area (Å²) >= 11 is 0. The van der Waals surface area contributed by atoms with Gasteiger partial charge < -0.3 is 15.3 Å². The van der Waals surface area contributed by atoms with Gasteiger partial charge in [0.05, 0.1) is 13.2 Å². The second-order valence-corrected chi connectivity index (χ2v) is 3.26. The third kappa shape index (κ3) is 2.30. The third-order valence-corrected chi connectivity index (χ3v) is 2.50. The third-order valence-electron chi connectivity index (χ3n) is 2.50. The van der Waals surface area contributed by atoms with Gasteiger partial charge in [-0.2, -0.15) is 0 Å². The lowest BCUT2D eigenvalue weighted by molar-refractivity contribution is -0.00864. The molecule has 0 amide bonds. The topological polar surface area (TPSA) is 60.7 Å². The summed E-state index contributed by atoms with van der Waals surface area (Å²) in [6.07, 6.45) is 2.17. The molecule has 0 spiro atoms. The second-order valence-electron chi connectivity index (χ2n) is 3.26. The molecule has 72 valence electrons. The van der Waals surface area contributed by atoms with Crippen LogP contribution in [-0.4, -0.2) is 35.1 Å². The van der Waals surface area contributed by atoms with Gasteiger partial charge in [0.15, 0.2) is 0 Å². The van der Waals surface area contributed by atoms with E-state index in [1.807, 2.05) is 0 Å². The van der Waals surface area contributed by atoms with E-state index in [0.717, 1.165) is 0 Å². The zero-order chi connectivity index (χ0) is 9.61. The van der Waals surface area contributed by atoms with Gasteiger partial charge in [-0.1, -0.05) is 13.0 Å². The minimum atomic E-state index is -0.615. The molecule has 0 saturated carbocycles. The lowest BCUT2D eigenvalue weighted by atomic mass is 9.75. The van der Waals surface area contributed by atoms with E-state index in [4.69, 9.17) is 15.3 Å². The Morgan fingerprint density at radius 1 is 1.33 bits per heavy atom. The fraction of sp³-hybridized carbons (Fsp3) is 0.778. The molecule has 12 heavy (non-hydrogen) atoms.